The van der Waals surface area contributed by atoms with Crippen LogP contribution in [0.15, 0.2) is 11.5 Å². The molecule has 1 heterocycles. The van der Waals surface area contributed by atoms with Crippen LogP contribution in [0.2, 0.25) is 0 Å². The van der Waals surface area contributed by atoms with E-state index < -0.39 is 24.5 Å². The number of imide groups is 1. The highest BCUT2D eigenvalue weighted by molar-refractivity contribution is 7.09. The number of nitrogens with zero attached hydrogens (tertiary/aromatic N) is 1. The zero-order valence-electron chi connectivity index (χ0n) is 15.9. The van der Waals surface area contributed by atoms with E-state index in [1.165, 1.54) is 42.8 Å². The Hall–Kier alpha value is -2.22. The smallest absolute Gasteiger partial charge is 0.331 e. The molecule has 4 saturated carbocycles. The lowest BCUT2D eigenvalue weighted by Crippen LogP contribution is -2.62. The molecular formula is C20H25N3O4S. The molecule has 0 aromatic carbocycles. The molecule has 0 saturated heterocycles. The third-order valence-electron chi connectivity index (χ3n) is 6.04. The molecule has 0 spiro atoms. The molecular weight excluding hydrogens is 378 g/mol. The highest BCUT2D eigenvalue weighted by atomic mass is 32.1. The molecule has 1 aromatic heterocycles. The monoisotopic (exact) mass is 403 g/mol. The van der Waals surface area contributed by atoms with Gasteiger partial charge in [0.2, 0.25) is 0 Å². The van der Waals surface area contributed by atoms with Crippen molar-refractivity contribution in [1.29, 1.82) is 0 Å². The number of rotatable bonds is 5. The van der Waals surface area contributed by atoms with Crippen molar-refractivity contribution in [2.75, 3.05) is 6.61 Å². The lowest BCUT2D eigenvalue weighted by molar-refractivity contribution is -0.143. The maximum atomic E-state index is 12.3. The van der Waals surface area contributed by atoms with E-state index in [1.54, 1.807) is 0 Å². The number of ether oxygens (including phenoxy) is 1. The number of amides is 3. The van der Waals surface area contributed by atoms with Gasteiger partial charge in [0.25, 0.3) is 5.91 Å². The Morgan fingerprint density at radius 3 is 2.43 bits per heavy atom. The van der Waals surface area contributed by atoms with Gasteiger partial charge in [0.15, 0.2) is 6.61 Å². The number of esters is 1. The lowest BCUT2D eigenvalue weighted by Gasteiger charge is -2.56. The Morgan fingerprint density at radius 1 is 1.21 bits per heavy atom. The molecule has 4 aliphatic rings. The van der Waals surface area contributed by atoms with Crippen LogP contribution in [0, 0.1) is 24.7 Å². The van der Waals surface area contributed by atoms with Gasteiger partial charge in [-0.05, 0) is 69.3 Å². The Labute approximate surface area is 167 Å². The molecule has 1 aromatic rings. The fourth-order valence-electron chi connectivity index (χ4n) is 5.49. The molecule has 0 aliphatic heterocycles. The average molecular weight is 404 g/mol. The van der Waals surface area contributed by atoms with E-state index in [4.69, 9.17) is 4.74 Å². The van der Waals surface area contributed by atoms with Gasteiger partial charge >= 0.3 is 12.0 Å². The maximum Gasteiger partial charge on any atom is 0.331 e. The van der Waals surface area contributed by atoms with Crippen molar-refractivity contribution < 1.29 is 19.1 Å². The van der Waals surface area contributed by atoms with E-state index >= 15 is 0 Å². The largest absolute Gasteiger partial charge is 0.452 e. The molecule has 28 heavy (non-hydrogen) atoms. The van der Waals surface area contributed by atoms with Crippen molar-refractivity contribution in [3.8, 4) is 0 Å². The second kappa shape index (κ2) is 7.66. The summed E-state index contributed by atoms with van der Waals surface area (Å²) in [6, 6.07) is -0.489. The number of hydrogen-bond acceptors (Lipinski definition) is 6. The molecule has 3 amide bonds. The van der Waals surface area contributed by atoms with Gasteiger partial charge in [0.1, 0.15) is 0 Å². The van der Waals surface area contributed by atoms with Crippen molar-refractivity contribution in [3.05, 3.63) is 22.2 Å². The average Bonchev–Trinajstić information content (AvgIpc) is 3.01. The van der Waals surface area contributed by atoms with Crippen LogP contribution in [-0.2, 0) is 14.3 Å². The maximum absolute atomic E-state index is 12.3. The fourth-order valence-corrected chi connectivity index (χ4v) is 6.07. The first kappa shape index (κ1) is 19.1. The van der Waals surface area contributed by atoms with E-state index in [0.717, 1.165) is 24.3 Å². The minimum absolute atomic E-state index is 0.163. The Kier molecular flexibility index (Phi) is 5.23. The summed E-state index contributed by atoms with van der Waals surface area (Å²) < 4.78 is 4.88. The van der Waals surface area contributed by atoms with Gasteiger partial charge in [-0.1, -0.05) is 0 Å². The summed E-state index contributed by atoms with van der Waals surface area (Å²) in [5.41, 5.74) is 0.503. The molecule has 150 valence electrons. The molecule has 7 nitrogen and oxygen atoms in total. The Balaban J connectivity index is 1.21. The Morgan fingerprint density at radius 2 is 1.86 bits per heavy atom. The number of nitrogens with one attached hydrogen (secondary N) is 2. The van der Waals surface area contributed by atoms with Gasteiger partial charge in [0, 0.05) is 17.0 Å². The van der Waals surface area contributed by atoms with E-state index in [9.17, 15) is 14.4 Å². The first-order chi connectivity index (χ1) is 13.4. The van der Waals surface area contributed by atoms with Crippen molar-refractivity contribution in [3.63, 3.8) is 0 Å². The number of hydrogen-bond donors (Lipinski definition) is 2. The highest BCUT2D eigenvalue weighted by Crippen LogP contribution is 2.55. The predicted octanol–water partition coefficient (Wildman–Crippen LogP) is 2.80. The molecule has 2 N–H and O–H groups in total. The number of carbonyl (C=O) groups is 3. The molecule has 5 rings (SSSR count). The molecule has 8 heteroatoms. The van der Waals surface area contributed by atoms with E-state index in [-0.39, 0.29) is 5.54 Å². The van der Waals surface area contributed by atoms with E-state index in [1.807, 2.05) is 12.3 Å². The van der Waals surface area contributed by atoms with Gasteiger partial charge in [0.05, 0.1) is 10.7 Å². The van der Waals surface area contributed by atoms with Crippen LogP contribution in [0.4, 0.5) is 4.79 Å². The summed E-state index contributed by atoms with van der Waals surface area (Å²) in [5.74, 6) is 0.834. The number of carbonyl (C=O) groups excluding carboxylic acids is 3. The minimum atomic E-state index is -0.651. The first-order valence-electron chi connectivity index (χ1n) is 9.78. The second-order valence-electron chi connectivity index (χ2n) is 8.43. The number of thiazole rings is 1. The molecule has 0 unspecified atom stereocenters. The SMILES string of the molecule is Cc1nc(/C=C/C(=O)OCC(=O)NC(=O)NC23CC4CC(CC(C4)C2)C3)cs1. The van der Waals surface area contributed by atoms with Crippen LogP contribution in [0.3, 0.4) is 0 Å². The highest BCUT2D eigenvalue weighted by Gasteiger charge is 2.51. The second-order valence-corrected chi connectivity index (χ2v) is 9.49. The van der Waals surface area contributed by atoms with Crippen LogP contribution in [0.1, 0.15) is 49.2 Å². The van der Waals surface area contributed by atoms with Crippen molar-refractivity contribution in [1.82, 2.24) is 15.6 Å². The third kappa shape index (κ3) is 4.43. The summed E-state index contributed by atoms with van der Waals surface area (Å²) in [6.45, 7) is 1.38. The van der Waals surface area contributed by atoms with Gasteiger partial charge in [-0.2, -0.15) is 0 Å². The number of aromatic nitrogens is 1. The van der Waals surface area contributed by atoms with Gasteiger partial charge in [-0.3, -0.25) is 10.1 Å². The summed E-state index contributed by atoms with van der Waals surface area (Å²) in [5, 5.41) is 8.07. The van der Waals surface area contributed by atoms with Crippen LogP contribution >= 0.6 is 11.3 Å². The molecule has 4 bridgehead atoms. The molecule has 4 fully saturated rings. The number of aryl methyl sites for hydroxylation is 1. The van der Waals surface area contributed by atoms with Crippen LogP contribution in [0.5, 0.6) is 0 Å². The Bertz CT molecular complexity index is 781. The zero-order chi connectivity index (χ0) is 19.7. The van der Waals surface area contributed by atoms with E-state index in [0.29, 0.717) is 23.4 Å². The summed E-state index contributed by atoms with van der Waals surface area (Å²) in [6.07, 6.45) is 9.63. The predicted molar refractivity (Wildman–Crippen MR) is 104 cm³/mol. The molecule has 0 atom stereocenters. The summed E-state index contributed by atoms with van der Waals surface area (Å²) in [7, 11) is 0. The van der Waals surface area contributed by atoms with Crippen molar-refractivity contribution >= 4 is 35.3 Å². The first-order valence-corrected chi connectivity index (χ1v) is 10.7. The fraction of sp³-hybridized carbons (Fsp3) is 0.600. The summed E-state index contributed by atoms with van der Waals surface area (Å²) in [4.78, 5) is 40.1. The van der Waals surface area contributed by atoms with Gasteiger partial charge < -0.3 is 10.1 Å². The van der Waals surface area contributed by atoms with Gasteiger partial charge in [-0.25, -0.2) is 14.6 Å². The quantitative estimate of drug-likeness (QED) is 0.582. The molecule has 4 aliphatic carbocycles. The molecule has 0 radical (unpaired) electrons. The van der Waals surface area contributed by atoms with Crippen molar-refractivity contribution in [2.24, 2.45) is 17.8 Å². The van der Waals surface area contributed by atoms with Crippen LogP contribution in [-0.4, -0.2) is 35.0 Å². The topological polar surface area (TPSA) is 97.4 Å². The lowest BCUT2D eigenvalue weighted by atomic mass is 9.53. The zero-order valence-corrected chi connectivity index (χ0v) is 16.7. The number of urea groups is 1. The van der Waals surface area contributed by atoms with Crippen LogP contribution in [0.25, 0.3) is 6.08 Å². The minimum Gasteiger partial charge on any atom is -0.452 e. The van der Waals surface area contributed by atoms with Crippen molar-refractivity contribution in [2.45, 2.75) is 51.0 Å². The van der Waals surface area contributed by atoms with Gasteiger partial charge in [-0.15, -0.1) is 11.3 Å². The van der Waals surface area contributed by atoms with E-state index in [2.05, 4.69) is 15.6 Å². The normalized spacial score (nSPS) is 30.4. The summed E-state index contributed by atoms with van der Waals surface area (Å²) >= 11 is 1.48. The standard InChI is InChI=1S/C20H25N3O4S/c1-12-21-16(11-28-12)2-3-18(25)27-10-17(24)22-19(26)23-20-7-13-4-14(8-20)6-15(5-13)9-20/h2-3,11,13-15H,4-10H2,1H3,(H2,22,23,24,26)/b3-2+. The van der Waals surface area contributed by atoms with Crippen LogP contribution < -0.4 is 10.6 Å². The third-order valence-corrected chi connectivity index (χ3v) is 6.83.